The van der Waals surface area contributed by atoms with Gasteiger partial charge >= 0.3 is 17.9 Å². The Morgan fingerprint density at radius 3 is 2.05 bits per heavy atom. The summed E-state index contributed by atoms with van der Waals surface area (Å²) in [4.78, 5) is 38.9. The van der Waals surface area contributed by atoms with Gasteiger partial charge in [-0.25, -0.2) is 4.79 Å². The molecule has 0 aromatic heterocycles. The van der Waals surface area contributed by atoms with Crippen LogP contribution < -0.4 is 0 Å². The Morgan fingerprint density at radius 2 is 1.41 bits per heavy atom. The second-order valence-corrected chi connectivity index (χ2v) is 9.40. The van der Waals surface area contributed by atoms with Crippen LogP contribution in [0.5, 0.6) is 0 Å². The first kappa shape index (κ1) is 28.1. The first-order chi connectivity index (χ1) is 18.8. The lowest BCUT2D eigenvalue weighted by Gasteiger charge is -2.32. The van der Waals surface area contributed by atoms with Crippen molar-refractivity contribution >= 4 is 23.7 Å². The average molecular weight is 535 g/mol. The molecule has 0 N–H and O–H groups in total. The summed E-state index contributed by atoms with van der Waals surface area (Å²) < 4.78 is 28.6. The monoisotopic (exact) mass is 534 g/mol. The SMILES string of the molecule is CCOC(=O)/C=C/OC1=C2C(O[C@H](c3ccc(C)cc3)[C@@H]2C(=O)OCC)[C@@H](C(=O)OCC)c2cc(C)ccc21. The van der Waals surface area contributed by atoms with Gasteiger partial charge in [0.2, 0.25) is 0 Å². The summed E-state index contributed by atoms with van der Waals surface area (Å²) in [6.45, 7) is 9.68. The summed E-state index contributed by atoms with van der Waals surface area (Å²) in [5.74, 6) is -2.90. The van der Waals surface area contributed by atoms with Crippen LogP contribution in [-0.4, -0.2) is 43.8 Å². The number of benzene rings is 2. The van der Waals surface area contributed by atoms with E-state index in [0.717, 1.165) is 16.7 Å². The van der Waals surface area contributed by atoms with Crippen molar-refractivity contribution in [3.05, 3.63) is 88.2 Å². The molecule has 1 heterocycles. The van der Waals surface area contributed by atoms with Crippen molar-refractivity contribution in [2.24, 2.45) is 5.92 Å². The van der Waals surface area contributed by atoms with Crippen molar-refractivity contribution < 1.29 is 38.1 Å². The van der Waals surface area contributed by atoms with Gasteiger partial charge in [-0.1, -0.05) is 53.6 Å². The molecule has 206 valence electrons. The standard InChI is InChI=1S/C31H34O8/c1-6-35-23(32)15-16-38-28-21-14-11-19(5)17-22(21)24(30(33)36-7-2)29-25(28)26(31(34)37-8-3)27(39-29)20-12-9-18(4)10-13-20/h9-17,24,26-27,29H,6-8H2,1-5H3/b16-15+/t24-,26+,27+,29?/m0/s1. The molecule has 0 amide bonds. The van der Waals surface area contributed by atoms with E-state index in [9.17, 15) is 14.4 Å². The molecule has 8 heteroatoms. The Hall–Kier alpha value is -3.91. The number of esters is 3. The van der Waals surface area contributed by atoms with Gasteiger partial charge in [0.1, 0.15) is 29.8 Å². The van der Waals surface area contributed by atoms with Crippen molar-refractivity contribution in [2.45, 2.75) is 52.7 Å². The van der Waals surface area contributed by atoms with Crippen LogP contribution in [0.1, 0.15) is 60.6 Å². The minimum Gasteiger partial charge on any atom is -0.465 e. The fraction of sp³-hybridized carbons (Fsp3) is 0.387. The molecule has 1 saturated heterocycles. The number of rotatable bonds is 9. The molecule has 4 atom stereocenters. The van der Waals surface area contributed by atoms with Gasteiger partial charge in [0.25, 0.3) is 0 Å². The van der Waals surface area contributed by atoms with Gasteiger partial charge in [0, 0.05) is 11.1 Å². The quantitative estimate of drug-likeness (QED) is 0.190. The van der Waals surface area contributed by atoms with Crippen LogP contribution in [-0.2, 0) is 38.1 Å². The Kier molecular flexibility index (Phi) is 8.86. The first-order valence-electron chi connectivity index (χ1n) is 13.2. The van der Waals surface area contributed by atoms with E-state index in [1.54, 1.807) is 20.8 Å². The van der Waals surface area contributed by atoms with E-state index >= 15 is 0 Å². The Labute approximate surface area is 228 Å². The maximum Gasteiger partial charge on any atom is 0.333 e. The van der Waals surface area contributed by atoms with E-state index < -0.39 is 42.0 Å². The summed E-state index contributed by atoms with van der Waals surface area (Å²) in [7, 11) is 0. The topological polar surface area (TPSA) is 97.4 Å². The molecule has 2 aromatic rings. The zero-order valence-corrected chi connectivity index (χ0v) is 22.9. The summed E-state index contributed by atoms with van der Waals surface area (Å²) in [5, 5.41) is 0. The summed E-state index contributed by atoms with van der Waals surface area (Å²) >= 11 is 0. The molecule has 2 aliphatic rings. The average Bonchev–Trinajstić information content (AvgIpc) is 3.29. The van der Waals surface area contributed by atoms with E-state index in [1.807, 2.05) is 56.3 Å². The van der Waals surface area contributed by atoms with Gasteiger partial charge in [-0.05, 0) is 45.7 Å². The number of aryl methyl sites for hydroxylation is 2. The van der Waals surface area contributed by atoms with Crippen molar-refractivity contribution in [3.8, 4) is 0 Å². The number of ether oxygens (including phenoxy) is 5. The number of carbonyl (C=O) groups excluding carboxylic acids is 3. The zero-order valence-electron chi connectivity index (χ0n) is 22.9. The van der Waals surface area contributed by atoms with Gasteiger partial charge in [0.15, 0.2) is 0 Å². The summed E-state index contributed by atoms with van der Waals surface area (Å²) in [5.41, 5.74) is 4.51. The molecule has 0 saturated carbocycles. The number of hydrogen-bond acceptors (Lipinski definition) is 8. The van der Waals surface area contributed by atoms with Crippen molar-refractivity contribution in [1.29, 1.82) is 0 Å². The van der Waals surface area contributed by atoms with Gasteiger partial charge < -0.3 is 23.7 Å². The van der Waals surface area contributed by atoms with Gasteiger partial charge in [-0.2, -0.15) is 0 Å². The Balaban J connectivity index is 1.94. The highest BCUT2D eigenvalue weighted by atomic mass is 16.6. The van der Waals surface area contributed by atoms with Crippen LogP contribution >= 0.6 is 0 Å². The van der Waals surface area contributed by atoms with Gasteiger partial charge in [0.05, 0.1) is 32.2 Å². The fourth-order valence-corrected chi connectivity index (χ4v) is 5.12. The summed E-state index contributed by atoms with van der Waals surface area (Å²) in [6, 6.07) is 13.3. The smallest absolute Gasteiger partial charge is 0.333 e. The fourth-order valence-electron chi connectivity index (χ4n) is 5.12. The van der Waals surface area contributed by atoms with E-state index in [-0.39, 0.29) is 19.8 Å². The minimum absolute atomic E-state index is 0.171. The molecule has 8 nitrogen and oxygen atoms in total. The maximum atomic E-state index is 13.5. The normalized spacial score (nSPS) is 21.8. The van der Waals surface area contributed by atoms with Crippen LogP contribution in [0.3, 0.4) is 0 Å². The lowest BCUT2D eigenvalue weighted by atomic mass is 9.75. The first-order valence-corrected chi connectivity index (χ1v) is 13.2. The van der Waals surface area contributed by atoms with Gasteiger partial charge in [-0.3, -0.25) is 9.59 Å². The zero-order chi connectivity index (χ0) is 28.1. The second-order valence-electron chi connectivity index (χ2n) is 9.40. The third kappa shape index (κ3) is 5.76. The molecule has 39 heavy (non-hydrogen) atoms. The number of hydrogen-bond donors (Lipinski definition) is 0. The van der Waals surface area contributed by atoms with Crippen LogP contribution in [0.15, 0.2) is 60.4 Å². The van der Waals surface area contributed by atoms with Crippen molar-refractivity contribution in [2.75, 3.05) is 19.8 Å². The largest absolute Gasteiger partial charge is 0.465 e. The highest BCUT2D eigenvalue weighted by molar-refractivity contribution is 5.90. The molecule has 4 rings (SSSR count). The molecule has 1 aliphatic carbocycles. The molecule has 0 bridgehead atoms. The second kappa shape index (κ2) is 12.3. The molecule has 1 aliphatic heterocycles. The number of fused-ring (bicyclic) bond motifs is 2. The van der Waals surface area contributed by atoms with Crippen molar-refractivity contribution in [1.82, 2.24) is 0 Å². The molecule has 1 fully saturated rings. The summed E-state index contributed by atoms with van der Waals surface area (Å²) in [6.07, 6.45) is 0.812. The third-order valence-electron chi connectivity index (χ3n) is 6.75. The molecule has 0 radical (unpaired) electrons. The van der Waals surface area contributed by atoms with Crippen LogP contribution in [0.25, 0.3) is 5.76 Å². The third-order valence-corrected chi connectivity index (χ3v) is 6.75. The predicted molar refractivity (Wildman–Crippen MR) is 143 cm³/mol. The lowest BCUT2D eigenvalue weighted by Crippen LogP contribution is -2.34. The van der Waals surface area contributed by atoms with Crippen LogP contribution in [0.4, 0.5) is 0 Å². The van der Waals surface area contributed by atoms with E-state index in [0.29, 0.717) is 22.5 Å². The van der Waals surface area contributed by atoms with E-state index in [2.05, 4.69) is 0 Å². The Bertz CT molecular complexity index is 1290. The van der Waals surface area contributed by atoms with Crippen LogP contribution in [0, 0.1) is 19.8 Å². The molecular weight excluding hydrogens is 500 g/mol. The highest BCUT2D eigenvalue weighted by Crippen LogP contribution is 2.54. The van der Waals surface area contributed by atoms with E-state index in [1.165, 1.54) is 12.3 Å². The molecule has 0 spiro atoms. The highest BCUT2D eigenvalue weighted by Gasteiger charge is 2.55. The Morgan fingerprint density at radius 1 is 0.795 bits per heavy atom. The predicted octanol–water partition coefficient (Wildman–Crippen LogP) is 5.09. The molecule has 1 unspecified atom stereocenters. The molecular formula is C31H34O8. The number of carbonyl (C=O) groups is 3. The molecule has 2 aromatic carbocycles. The van der Waals surface area contributed by atoms with Crippen LogP contribution in [0.2, 0.25) is 0 Å². The minimum atomic E-state index is -0.893. The lowest BCUT2D eigenvalue weighted by molar-refractivity contribution is -0.150. The van der Waals surface area contributed by atoms with E-state index in [4.69, 9.17) is 23.7 Å². The maximum absolute atomic E-state index is 13.5. The van der Waals surface area contributed by atoms with Gasteiger partial charge in [-0.15, -0.1) is 0 Å². The van der Waals surface area contributed by atoms with Crippen molar-refractivity contribution in [3.63, 3.8) is 0 Å².